The summed E-state index contributed by atoms with van der Waals surface area (Å²) < 4.78 is 0.737. The molecule has 0 saturated carbocycles. The summed E-state index contributed by atoms with van der Waals surface area (Å²) in [5.41, 5.74) is 1.41. The lowest BCUT2D eigenvalue weighted by atomic mass is 10.1. The minimum atomic E-state index is -1.00. The highest BCUT2D eigenvalue weighted by atomic mass is 32.2. The van der Waals surface area contributed by atoms with Gasteiger partial charge in [0.15, 0.2) is 10.0 Å². The second kappa shape index (κ2) is 10.0. The van der Waals surface area contributed by atoms with Gasteiger partial charge < -0.3 is 14.9 Å². The smallest absolute Gasteiger partial charge is 0.355 e. The van der Waals surface area contributed by atoms with Crippen LogP contribution < -0.4 is 0 Å². The highest BCUT2D eigenvalue weighted by Crippen LogP contribution is 2.25. The summed E-state index contributed by atoms with van der Waals surface area (Å²) in [5, 5.41) is 10.5. The topological polar surface area (TPSA) is 73.7 Å². The molecule has 1 fully saturated rings. The average Bonchev–Trinajstić information content (AvgIpc) is 3.29. The van der Waals surface area contributed by atoms with Crippen molar-refractivity contribution in [2.24, 2.45) is 0 Å². The van der Waals surface area contributed by atoms with Crippen molar-refractivity contribution in [1.82, 2.24) is 14.8 Å². The van der Waals surface area contributed by atoms with Gasteiger partial charge in [0.05, 0.1) is 0 Å². The Morgan fingerprint density at radius 3 is 2.89 bits per heavy atom. The Labute approximate surface area is 173 Å². The third kappa shape index (κ3) is 5.80. The molecule has 0 spiro atoms. The van der Waals surface area contributed by atoms with E-state index < -0.39 is 5.97 Å². The number of amides is 1. The number of likely N-dealkylation sites (tertiary alicyclic amines) is 1. The number of carbonyl (C=O) groups excluding carboxylic acids is 1. The molecule has 1 N–H and O–H groups in total. The summed E-state index contributed by atoms with van der Waals surface area (Å²) in [5.74, 6) is -0.0634. The normalized spacial score (nSPS) is 16.9. The fraction of sp³-hybridized carbons (Fsp3) is 0.450. The van der Waals surface area contributed by atoms with Crippen molar-refractivity contribution in [3.8, 4) is 0 Å². The van der Waals surface area contributed by atoms with Gasteiger partial charge in [-0.25, -0.2) is 9.78 Å². The van der Waals surface area contributed by atoms with Crippen molar-refractivity contribution in [2.75, 3.05) is 32.4 Å². The number of thiazole rings is 1. The number of likely N-dealkylation sites (N-methyl/N-ethyl adjacent to an activating group) is 1. The Hall–Kier alpha value is -1.90. The third-order valence-corrected chi connectivity index (χ3v) is 6.86. The quantitative estimate of drug-likeness (QED) is 0.597. The highest BCUT2D eigenvalue weighted by Gasteiger charge is 2.31. The van der Waals surface area contributed by atoms with Gasteiger partial charge in [0.25, 0.3) is 0 Å². The van der Waals surface area contributed by atoms with Crippen molar-refractivity contribution in [3.05, 3.63) is 47.0 Å². The molecule has 6 nitrogen and oxygen atoms in total. The van der Waals surface area contributed by atoms with Gasteiger partial charge in [-0.15, -0.1) is 11.3 Å². The molecule has 28 heavy (non-hydrogen) atoms. The predicted octanol–water partition coefficient (Wildman–Crippen LogP) is 3.10. The molecular weight excluding hydrogens is 394 g/mol. The Morgan fingerprint density at radius 2 is 2.18 bits per heavy atom. The molecule has 1 unspecified atom stereocenters. The first-order valence-corrected chi connectivity index (χ1v) is 11.2. The summed E-state index contributed by atoms with van der Waals surface area (Å²) in [6, 6.07) is 10.7. The van der Waals surface area contributed by atoms with E-state index in [1.165, 1.54) is 28.7 Å². The lowest BCUT2D eigenvalue weighted by molar-refractivity contribution is -0.128. The first-order chi connectivity index (χ1) is 13.5. The van der Waals surface area contributed by atoms with Gasteiger partial charge in [0.2, 0.25) is 5.91 Å². The molecule has 3 rings (SSSR count). The zero-order chi connectivity index (χ0) is 19.9. The van der Waals surface area contributed by atoms with Crippen LogP contribution in [0.1, 0.15) is 28.9 Å². The monoisotopic (exact) mass is 419 g/mol. The molecule has 1 saturated heterocycles. The van der Waals surface area contributed by atoms with E-state index in [0.29, 0.717) is 13.0 Å². The number of carboxylic acids is 1. The zero-order valence-electron chi connectivity index (χ0n) is 15.9. The average molecular weight is 420 g/mol. The van der Waals surface area contributed by atoms with E-state index in [-0.39, 0.29) is 17.6 Å². The van der Waals surface area contributed by atoms with Crippen LogP contribution in [-0.4, -0.2) is 70.2 Å². The number of hydrogen-bond acceptors (Lipinski definition) is 6. The molecule has 1 amide bonds. The van der Waals surface area contributed by atoms with E-state index in [1.807, 2.05) is 11.0 Å². The van der Waals surface area contributed by atoms with Crippen LogP contribution in [0.25, 0.3) is 0 Å². The lowest BCUT2D eigenvalue weighted by Crippen LogP contribution is -2.42. The van der Waals surface area contributed by atoms with E-state index in [4.69, 9.17) is 5.11 Å². The molecule has 1 aliphatic rings. The van der Waals surface area contributed by atoms with E-state index in [2.05, 4.69) is 41.2 Å². The summed E-state index contributed by atoms with van der Waals surface area (Å²) in [6.07, 6.45) is 2.52. The number of nitrogens with zero attached hydrogens (tertiary/aromatic N) is 3. The first kappa shape index (κ1) is 20.8. The third-order valence-electron chi connectivity index (χ3n) is 4.86. The summed E-state index contributed by atoms with van der Waals surface area (Å²) in [4.78, 5) is 31.6. The zero-order valence-corrected chi connectivity index (χ0v) is 17.5. The van der Waals surface area contributed by atoms with Crippen molar-refractivity contribution in [2.45, 2.75) is 29.6 Å². The first-order valence-electron chi connectivity index (χ1n) is 9.36. The molecular formula is C20H25N3O3S2. The van der Waals surface area contributed by atoms with Gasteiger partial charge in [-0.3, -0.25) is 4.79 Å². The van der Waals surface area contributed by atoms with Gasteiger partial charge in [-0.1, -0.05) is 42.1 Å². The number of benzene rings is 1. The van der Waals surface area contributed by atoms with E-state index >= 15 is 0 Å². The highest BCUT2D eigenvalue weighted by molar-refractivity contribution is 8.01. The molecule has 0 aliphatic carbocycles. The molecule has 1 atom stereocenters. The van der Waals surface area contributed by atoms with Crippen molar-refractivity contribution < 1.29 is 14.7 Å². The Bertz CT molecular complexity index is 797. The predicted molar refractivity (Wildman–Crippen MR) is 112 cm³/mol. The summed E-state index contributed by atoms with van der Waals surface area (Å²) >= 11 is 2.85. The van der Waals surface area contributed by atoms with Crippen LogP contribution in [-0.2, 0) is 11.2 Å². The number of aromatic carboxylic acids is 1. The molecule has 1 aromatic carbocycles. The Kier molecular flexibility index (Phi) is 7.47. The fourth-order valence-corrected chi connectivity index (χ4v) is 5.17. The molecule has 0 bridgehead atoms. The van der Waals surface area contributed by atoms with Gasteiger partial charge in [0, 0.05) is 43.2 Å². The molecule has 2 heterocycles. The minimum absolute atomic E-state index is 0.0858. The number of thioether (sulfide) groups is 1. The van der Waals surface area contributed by atoms with Crippen LogP contribution >= 0.6 is 23.1 Å². The van der Waals surface area contributed by atoms with E-state index in [0.717, 1.165) is 36.0 Å². The maximum atomic E-state index is 12.3. The van der Waals surface area contributed by atoms with E-state index in [1.54, 1.807) is 5.38 Å². The Morgan fingerprint density at radius 1 is 1.39 bits per heavy atom. The number of carbonyl (C=O) groups is 2. The number of carboxylic acid groups (broad SMARTS) is 1. The Balaban J connectivity index is 1.44. The van der Waals surface area contributed by atoms with E-state index in [9.17, 15) is 9.59 Å². The van der Waals surface area contributed by atoms with Crippen LogP contribution in [0.4, 0.5) is 0 Å². The molecule has 2 aromatic rings. The van der Waals surface area contributed by atoms with Gasteiger partial charge in [-0.05, 0) is 25.5 Å². The number of hydrogen-bond donors (Lipinski definition) is 1. The molecule has 0 radical (unpaired) electrons. The minimum Gasteiger partial charge on any atom is -0.476 e. The molecule has 1 aliphatic heterocycles. The second-order valence-corrected chi connectivity index (χ2v) is 9.13. The molecule has 150 valence electrons. The molecule has 1 aromatic heterocycles. The van der Waals surface area contributed by atoms with Crippen LogP contribution in [0.2, 0.25) is 0 Å². The van der Waals surface area contributed by atoms with Gasteiger partial charge in [-0.2, -0.15) is 0 Å². The largest absolute Gasteiger partial charge is 0.476 e. The SMILES string of the molecule is CN(CCc1ccccc1)CC1CCC(=O)N1CCSc1nc(C(=O)O)cs1. The van der Waals surface area contributed by atoms with Crippen LogP contribution in [0, 0.1) is 0 Å². The van der Waals surface area contributed by atoms with Crippen molar-refractivity contribution in [3.63, 3.8) is 0 Å². The maximum Gasteiger partial charge on any atom is 0.355 e. The summed E-state index contributed by atoms with van der Waals surface area (Å²) in [7, 11) is 2.11. The van der Waals surface area contributed by atoms with Crippen LogP contribution in [0.5, 0.6) is 0 Å². The van der Waals surface area contributed by atoms with Gasteiger partial charge >= 0.3 is 5.97 Å². The fourth-order valence-electron chi connectivity index (χ4n) is 3.36. The van der Waals surface area contributed by atoms with Gasteiger partial charge in [0.1, 0.15) is 0 Å². The van der Waals surface area contributed by atoms with Crippen LogP contribution in [0.15, 0.2) is 40.1 Å². The van der Waals surface area contributed by atoms with Crippen LogP contribution in [0.3, 0.4) is 0 Å². The maximum absolute atomic E-state index is 12.3. The molecule has 8 heteroatoms. The number of rotatable bonds is 10. The standard InChI is InChI=1S/C20H25N3O3S2/c1-22(10-9-15-5-3-2-4-6-15)13-16-7-8-18(24)23(16)11-12-27-20-21-17(14-28-20)19(25)26/h2-6,14,16H,7-13H2,1H3,(H,25,26). The second-order valence-electron chi connectivity index (χ2n) is 6.93. The summed E-state index contributed by atoms with van der Waals surface area (Å²) in [6.45, 7) is 2.51. The number of aromatic nitrogens is 1. The van der Waals surface area contributed by atoms with Crippen molar-refractivity contribution in [1.29, 1.82) is 0 Å². The lowest BCUT2D eigenvalue weighted by Gasteiger charge is -2.28. The van der Waals surface area contributed by atoms with Crippen molar-refractivity contribution >= 4 is 35.0 Å².